The average Bonchev–Trinajstić information content (AvgIpc) is 3.18. The number of rotatable bonds is 11. The topological polar surface area (TPSA) is 79.2 Å². The first-order valence-electron chi connectivity index (χ1n) is 15.3. The van der Waals surface area contributed by atoms with E-state index >= 15 is 0 Å². The summed E-state index contributed by atoms with van der Waals surface area (Å²) in [4.78, 5) is 0. The van der Waals surface area contributed by atoms with Gasteiger partial charge >= 0.3 is 0 Å². The third kappa shape index (κ3) is 5.18. The van der Waals surface area contributed by atoms with Crippen LogP contribution >= 0.6 is 0 Å². The lowest BCUT2D eigenvalue weighted by Gasteiger charge is -2.65. The van der Waals surface area contributed by atoms with Gasteiger partial charge in [0, 0.05) is 11.8 Å². The molecular weight excluding hydrogens is 452 g/mol. The van der Waals surface area contributed by atoms with E-state index in [1.807, 2.05) is 0 Å². The van der Waals surface area contributed by atoms with Crippen LogP contribution in [0.15, 0.2) is 0 Å². The molecule has 0 amide bonds. The standard InChI is InChI=1S/C31H56O5/c1-21(2)7-6-8-22(3)25-9-10-26-24-19-28(33)31(34)20-23(36-18-17-35-16-15-32)11-14-30(31,5)27(24)12-13-29(25,26)4/h21-28,32-34H,6-20H2,1-5H3/t22-,23+,24+,25-,26+,27+,28-,29-,30-,31+/m1/s1. The van der Waals surface area contributed by atoms with Crippen molar-refractivity contribution in [2.75, 3.05) is 26.4 Å². The van der Waals surface area contributed by atoms with Crippen molar-refractivity contribution in [1.82, 2.24) is 0 Å². The highest BCUT2D eigenvalue weighted by Crippen LogP contribution is 2.69. The second kappa shape index (κ2) is 11.5. The van der Waals surface area contributed by atoms with Gasteiger partial charge in [-0.05, 0) is 85.9 Å². The fraction of sp³-hybridized carbons (Fsp3) is 1.00. The summed E-state index contributed by atoms with van der Waals surface area (Å²) in [5.74, 6) is 4.09. The predicted molar refractivity (Wildman–Crippen MR) is 144 cm³/mol. The van der Waals surface area contributed by atoms with Gasteiger partial charge in [-0.1, -0.05) is 53.9 Å². The van der Waals surface area contributed by atoms with Crippen molar-refractivity contribution in [2.24, 2.45) is 46.3 Å². The Morgan fingerprint density at radius 3 is 2.42 bits per heavy atom. The Kier molecular flexibility index (Phi) is 9.20. The zero-order chi connectivity index (χ0) is 26.1. The van der Waals surface area contributed by atoms with Crippen molar-refractivity contribution in [3.63, 3.8) is 0 Å². The molecule has 4 rings (SSSR count). The van der Waals surface area contributed by atoms with Gasteiger partial charge in [0.2, 0.25) is 0 Å². The van der Waals surface area contributed by atoms with E-state index in [2.05, 4.69) is 34.6 Å². The fourth-order valence-electron chi connectivity index (χ4n) is 9.85. The molecule has 0 radical (unpaired) electrons. The molecule has 5 heteroatoms. The first-order chi connectivity index (χ1) is 17.1. The van der Waals surface area contributed by atoms with Crippen molar-refractivity contribution in [2.45, 2.75) is 123 Å². The van der Waals surface area contributed by atoms with E-state index in [1.165, 1.54) is 44.9 Å². The molecule has 0 aromatic rings. The van der Waals surface area contributed by atoms with Crippen LogP contribution in [0.3, 0.4) is 0 Å². The quantitative estimate of drug-likeness (QED) is 0.317. The number of aliphatic hydroxyl groups excluding tert-OH is 2. The minimum atomic E-state index is -1.07. The van der Waals surface area contributed by atoms with E-state index in [9.17, 15) is 10.2 Å². The first kappa shape index (κ1) is 28.8. The van der Waals surface area contributed by atoms with Crippen LogP contribution in [0.25, 0.3) is 0 Å². The van der Waals surface area contributed by atoms with Gasteiger partial charge in [0.25, 0.3) is 0 Å². The van der Waals surface area contributed by atoms with E-state index < -0.39 is 11.7 Å². The molecule has 210 valence electrons. The number of aliphatic hydroxyl groups is 3. The van der Waals surface area contributed by atoms with Gasteiger partial charge in [0.1, 0.15) is 0 Å². The van der Waals surface area contributed by atoms with Crippen LogP contribution < -0.4 is 0 Å². The highest BCUT2D eigenvalue weighted by Gasteiger charge is 2.67. The fourth-order valence-corrected chi connectivity index (χ4v) is 9.85. The zero-order valence-corrected chi connectivity index (χ0v) is 23.9. The Balaban J connectivity index is 1.42. The maximum Gasteiger partial charge on any atom is 0.0986 e. The molecule has 0 aliphatic heterocycles. The summed E-state index contributed by atoms with van der Waals surface area (Å²) in [6, 6.07) is 0. The minimum absolute atomic E-state index is 0.0219. The van der Waals surface area contributed by atoms with Gasteiger partial charge in [0.05, 0.1) is 44.2 Å². The molecule has 0 unspecified atom stereocenters. The second-order valence-corrected chi connectivity index (χ2v) is 14.1. The van der Waals surface area contributed by atoms with Crippen LogP contribution in [0.2, 0.25) is 0 Å². The molecule has 10 atom stereocenters. The first-order valence-corrected chi connectivity index (χ1v) is 15.3. The van der Waals surface area contributed by atoms with Gasteiger partial charge in [-0.15, -0.1) is 0 Å². The number of fused-ring (bicyclic) bond motifs is 5. The molecule has 4 saturated carbocycles. The molecule has 4 aliphatic rings. The summed E-state index contributed by atoms with van der Waals surface area (Å²) in [5, 5.41) is 32.4. The Hall–Kier alpha value is -0.200. The SMILES string of the molecule is CC(C)CCC[C@@H](C)[C@H]1CC[C@H]2[C@@H]3C[C@@H](O)[C@@]4(O)C[C@@H](OCCOCCO)CC[C@]4(C)[C@H]3CC[C@]12C. The molecule has 0 aromatic carbocycles. The number of hydrogen-bond donors (Lipinski definition) is 3. The van der Waals surface area contributed by atoms with Crippen LogP contribution in [0.1, 0.15) is 105 Å². The zero-order valence-electron chi connectivity index (χ0n) is 23.9. The summed E-state index contributed by atoms with van der Waals surface area (Å²) in [5.41, 5.74) is -0.928. The predicted octanol–water partition coefficient (Wildman–Crippen LogP) is 5.59. The van der Waals surface area contributed by atoms with E-state index in [4.69, 9.17) is 14.6 Å². The second-order valence-electron chi connectivity index (χ2n) is 14.1. The van der Waals surface area contributed by atoms with Crippen molar-refractivity contribution < 1.29 is 24.8 Å². The Morgan fingerprint density at radius 1 is 0.917 bits per heavy atom. The monoisotopic (exact) mass is 508 g/mol. The van der Waals surface area contributed by atoms with Crippen molar-refractivity contribution in [3.8, 4) is 0 Å². The highest BCUT2D eigenvalue weighted by atomic mass is 16.5. The van der Waals surface area contributed by atoms with E-state index in [0.717, 1.165) is 37.0 Å². The molecule has 4 fully saturated rings. The van der Waals surface area contributed by atoms with Crippen molar-refractivity contribution >= 4 is 0 Å². The van der Waals surface area contributed by atoms with Crippen LogP contribution in [-0.2, 0) is 9.47 Å². The highest BCUT2D eigenvalue weighted by molar-refractivity contribution is 5.17. The lowest BCUT2D eigenvalue weighted by atomic mass is 9.42. The summed E-state index contributed by atoms with van der Waals surface area (Å²) in [6.07, 6.45) is 11.6. The van der Waals surface area contributed by atoms with Crippen LogP contribution in [0.5, 0.6) is 0 Å². The molecular formula is C31H56O5. The molecule has 0 aromatic heterocycles. The van der Waals surface area contributed by atoms with Gasteiger partial charge < -0.3 is 24.8 Å². The Labute approximate surface area is 220 Å². The molecule has 4 aliphatic carbocycles. The molecule has 3 N–H and O–H groups in total. The Bertz CT molecular complexity index is 713. The van der Waals surface area contributed by atoms with E-state index in [-0.39, 0.29) is 18.1 Å². The summed E-state index contributed by atoms with van der Waals surface area (Å²) in [6.45, 7) is 13.3. The van der Waals surface area contributed by atoms with Crippen molar-refractivity contribution in [1.29, 1.82) is 0 Å². The minimum Gasteiger partial charge on any atom is -0.394 e. The van der Waals surface area contributed by atoms with Gasteiger partial charge in [-0.3, -0.25) is 0 Å². The number of ether oxygens (including phenoxy) is 2. The summed E-state index contributed by atoms with van der Waals surface area (Å²) < 4.78 is 11.4. The number of hydrogen-bond acceptors (Lipinski definition) is 5. The molecule has 5 nitrogen and oxygen atoms in total. The largest absolute Gasteiger partial charge is 0.394 e. The van der Waals surface area contributed by atoms with E-state index in [0.29, 0.717) is 49.4 Å². The molecule has 0 bridgehead atoms. The van der Waals surface area contributed by atoms with Gasteiger partial charge in [-0.2, -0.15) is 0 Å². The van der Waals surface area contributed by atoms with Crippen LogP contribution in [0, 0.1) is 46.3 Å². The maximum atomic E-state index is 12.1. The lowest BCUT2D eigenvalue weighted by Crippen LogP contribution is -2.68. The van der Waals surface area contributed by atoms with Gasteiger partial charge in [0.15, 0.2) is 0 Å². The van der Waals surface area contributed by atoms with Crippen LogP contribution in [0.4, 0.5) is 0 Å². The smallest absolute Gasteiger partial charge is 0.0986 e. The Morgan fingerprint density at radius 2 is 1.69 bits per heavy atom. The van der Waals surface area contributed by atoms with E-state index in [1.54, 1.807) is 0 Å². The third-order valence-electron chi connectivity index (χ3n) is 11.8. The van der Waals surface area contributed by atoms with Gasteiger partial charge in [-0.25, -0.2) is 0 Å². The maximum absolute atomic E-state index is 12.1. The normalized spacial score (nSPS) is 45.2. The average molecular weight is 509 g/mol. The third-order valence-corrected chi connectivity index (χ3v) is 11.8. The van der Waals surface area contributed by atoms with Crippen molar-refractivity contribution in [3.05, 3.63) is 0 Å². The molecule has 36 heavy (non-hydrogen) atoms. The molecule has 0 heterocycles. The summed E-state index contributed by atoms with van der Waals surface area (Å²) in [7, 11) is 0. The molecule has 0 saturated heterocycles. The molecule has 0 spiro atoms. The van der Waals surface area contributed by atoms with Crippen LogP contribution in [-0.4, -0.2) is 59.6 Å². The summed E-state index contributed by atoms with van der Waals surface area (Å²) >= 11 is 0. The lowest BCUT2D eigenvalue weighted by molar-refractivity contribution is -0.268.